The molecule has 0 aliphatic carbocycles. The van der Waals surface area contributed by atoms with E-state index in [9.17, 15) is 71.9 Å². The summed E-state index contributed by atoms with van der Waals surface area (Å²) in [5, 5.41) is 0. The first-order valence-corrected chi connectivity index (χ1v) is 13.0. The summed E-state index contributed by atoms with van der Waals surface area (Å²) in [6, 6.07) is 0. The van der Waals surface area contributed by atoms with Gasteiger partial charge in [-0.3, -0.25) is 9.59 Å². The van der Waals surface area contributed by atoms with Crippen molar-refractivity contribution in [1.29, 1.82) is 0 Å². The van der Waals surface area contributed by atoms with Crippen LogP contribution in [-0.4, -0.2) is 108 Å². The minimum absolute atomic E-state index is 0.202. The summed E-state index contributed by atoms with van der Waals surface area (Å²) < 4.78 is 171. The fraction of sp³-hybridized carbons (Fsp3) is 0.379. The van der Waals surface area contributed by atoms with E-state index in [2.05, 4.69) is 44.2 Å². The molecule has 0 aromatic rings. The van der Waals surface area contributed by atoms with Crippen molar-refractivity contribution in [2.24, 2.45) is 0 Å². The van der Waals surface area contributed by atoms with Crippen molar-refractivity contribution in [2.45, 2.75) is 29.6 Å². The highest BCUT2D eigenvalue weighted by Crippen LogP contribution is 2.48. The van der Waals surface area contributed by atoms with Crippen molar-refractivity contribution in [2.75, 3.05) is 39.3 Å². The second kappa shape index (κ2) is 19.3. The zero-order valence-electron chi connectivity index (χ0n) is 25.4. The van der Waals surface area contributed by atoms with Gasteiger partial charge in [-0.05, 0) is 0 Å². The molecule has 0 aliphatic rings. The zero-order chi connectivity index (χ0) is 39.0. The van der Waals surface area contributed by atoms with Crippen LogP contribution in [0.15, 0.2) is 87.7 Å². The van der Waals surface area contributed by atoms with Crippen LogP contribution in [0.1, 0.15) is 0 Å². The predicted molar refractivity (Wildman–Crippen MR) is 152 cm³/mol. The molecule has 0 saturated heterocycles. The van der Waals surface area contributed by atoms with E-state index in [4.69, 9.17) is 0 Å². The van der Waals surface area contributed by atoms with Crippen molar-refractivity contribution >= 4 is 24.3 Å². The molecular formula is C29H31F12N3O5. The normalized spacial score (nSPS) is 11.8. The topological polar surface area (TPSA) is 87.2 Å². The third kappa shape index (κ3) is 10.9. The van der Waals surface area contributed by atoms with Gasteiger partial charge in [-0.2, -0.15) is 52.7 Å². The first-order chi connectivity index (χ1) is 22.4. The standard InChI is InChI=1S/C22H20F12N2O4.C7H11NO/c1-5-9-35(10-6-2)13(14(23)24)18(25,26)20(29,30)16(38)40-17(39)21(31,32)22(33,34)19(27,28)15(37)36(11-7-3)12-8-4;1-3-5-8(7-9)6-4-2/h5-8H,1-4,9-12H2;3-4,7H,1-2,5-6H2. The second-order valence-electron chi connectivity index (χ2n) is 9.06. The van der Waals surface area contributed by atoms with E-state index in [0.29, 0.717) is 37.4 Å². The Kier molecular flexibility index (Phi) is 18.2. The number of nitrogens with zero attached hydrogens (tertiary/aromatic N) is 3. The zero-order valence-corrected chi connectivity index (χ0v) is 25.4. The van der Waals surface area contributed by atoms with Gasteiger partial charge in [-0.1, -0.05) is 36.5 Å². The van der Waals surface area contributed by atoms with E-state index in [0.717, 1.165) is 6.41 Å². The number of esters is 2. The van der Waals surface area contributed by atoms with E-state index >= 15 is 0 Å². The number of halogens is 12. The fourth-order valence-electron chi connectivity index (χ4n) is 3.20. The number of ether oxygens (including phenoxy) is 1. The van der Waals surface area contributed by atoms with Gasteiger partial charge in [-0.15, -0.1) is 39.5 Å². The number of amides is 2. The van der Waals surface area contributed by atoms with Gasteiger partial charge in [0.15, 0.2) is 5.70 Å². The molecule has 276 valence electrons. The highest BCUT2D eigenvalue weighted by Gasteiger charge is 2.80. The van der Waals surface area contributed by atoms with Gasteiger partial charge in [0.1, 0.15) is 0 Å². The Morgan fingerprint density at radius 1 is 0.531 bits per heavy atom. The van der Waals surface area contributed by atoms with Gasteiger partial charge >= 0.3 is 41.6 Å². The number of alkyl halides is 10. The quantitative estimate of drug-likeness (QED) is 0.0472. The Balaban J connectivity index is 0. The fourth-order valence-corrected chi connectivity index (χ4v) is 3.20. The molecule has 0 aliphatic heterocycles. The molecule has 0 heterocycles. The molecule has 0 radical (unpaired) electrons. The van der Waals surface area contributed by atoms with Gasteiger partial charge in [0, 0.05) is 39.3 Å². The number of carbonyl (C=O) groups excluding carboxylic acids is 4. The molecule has 0 atom stereocenters. The number of hydrogen-bond donors (Lipinski definition) is 0. The van der Waals surface area contributed by atoms with E-state index < -0.39 is 85.4 Å². The predicted octanol–water partition coefficient (Wildman–Crippen LogP) is 6.03. The summed E-state index contributed by atoms with van der Waals surface area (Å²) in [6.45, 7) is 16.3. The van der Waals surface area contributed by atoms with Gasteiger partial charge in [-0.25, -0.2) is 9.59 Å². The summed E-state index contributed by atoms with van der Waals surface area (Å²) in [7, 11) is 0. The summed E-state index contributed by atoms with van der Waals surface area (Å²) in [5.41, 5.74) is -2.90. The molecule has 0 spiro atoms. The lowest BCUT2D eigenvalue weighted by Crippen LogP contribution is -2.64. The van der Waals surface area contributed by atoms with Crippen LogP contribution in [0.4, 0.5) is 52.7 Å². The molecule has 0 rings (SSSR count). The first-order valence-electron chi connectivity index (χ1n) is 13.0. The van der Waals surface area contributed by atoms with Crippen molar-refractivity contribution in [3.05, 3.63) is 87.7 Å². The molecule has 0 saturated carbocycles. The van der Waals surface area contributed by atoms with E-state index in [1.807, 2.05) is 0 Å². The van der Waals surface area contributed by atoms with Crippen molar-refractivity contribution in [3.63, 3.8) is 0 Å². The summed E-state index contributed by atoms with van der Waals surface area (Å²) in [5.74, 6) is -45.0. The Morgan fingerprint density at radius 2 is 0.878 bits per heavy atom. The third-order valence-corrected chi connectivity index (χ3v) is 5.50. The van der Waals surface area contributed by atoms with Gasteiger partial charge in [0.2, 0.25) is 6.41 Å². The minimum Gasteiger partial charge on any atom is -0.384 e. The highest BCUT2D eigenvalue weighted by atomic mass is 19.3. The first kappa shape index (κ1) is 46.3. The van der Waals surface area contributed by atoms with Gasteiger partial charge in [0.25, 0.3) is 12.0 Å². The van der Waals surface area contributed by atoms with Crippen LogP contribution in [-0.2, 0) is 23.9 Å². The van der Waals surface area contributed by atoms with Crippen LogP contribution < -0.4 is 0 Å². The molecular weight excluding hydrogens is 698 g/mol. The van der Waals surface area contributed by atoms with Crippen molar-refractivity contribution in [1.82, 2.24) is 14.7 Å². The Bertz CT molecular complexity index is 1250. The van der Waals surface area contributed by atoms with Crippen LogP contribution in [0.25, 0.3) is 0 Å². The maximum absolute atomic E-state index is 14.4. The number of hydrogen-bond acceptors (Lipinski definition) is 6. The molecule has 0 aromatic carbocycles. The minimum atomic E-state index is -7.12. The third-order valence-electron chi connectivity index (χ3n) is 5.50. The lowest BCUT2D eigenvalue weighted by Gasteiger charge is -2.34. The number of rotatable bonds is 21. The number of carbonyl (C=O) groups is 4. The van der Waals surface area contributed by atoms with Crippen LogP contribution in [0.5, 0.6) is 0 Å². The molecule has 0 bridgehead atoms. The Labute approximate surface area is 272 Å². The average Bonchev–Trinajstić information content (AvgIpc) is 3.00. The molecule has 0 aromatic heterocycles. The smallest absolute Gasteiger partial charge is 0.384 e. The lowest BCUT2D eigenvalue weighted by atomic mass is 10.0. The Hall–Kier alpha value is -4.78. The monoisotopic (exact) mass is 729 g/mol. The van der Waals surface area contributed by atoms with Crippen LogP contribution >= 0.6 is 0 Å². The Morgan fingerprint density at radius 3 is 1.20 bits per heavy atom. The van der Waals surface area contributed by atoms with Crippen LogP contribution in [0.3, 0.4) is 0 Å². The highest BCUT2D eigenvalue weighted by molar-refractivity contribution is 5.95. The van der Waals surface area contributed by atoms with Crippen LogP contribution in [0, 0.1) is 0 Å². The SMILES string of the molecule is C=CCN(C=O)CC=C.C=CCN(CC=C)C(=O)C(F)(F)C(F)(F)C(F)(F)C(=O)OC(=O)C(F)(F)C(F)(F)C(=C(F)F)N(CC=C)CC=C. The van der Waals surface area contributed by atoms with Crippen LogP contribution in [0.2, 0.25) is 0 Å². The van der Waals surface area contributed by atoms with Crippen molar-refractivity contribution < 1.29 is 76.6 Å². The van der Waals surface area contributed by atoms with Crippen molar-refractivity contribution in [3.8, 4) is 0 Å². The largest absolute Gasteiger partial charge is 0.411 e. The summed E-state index contributed by atoms with van der Waals surface area (Å²) >= 11 is 0. The maximum atomic E-state index is 14.4. The molecule has 49 heavy (non-hydrogen) atoms. The molecule has 0 fully saturated rings. The van der Waals surface area contributed by atoms with E-state index in [1.54, 1.807) is 17.1 Å². The van der Waals surface area contributed by atoms with E-state index in [-0.39, 0.29) is 9.80 Å². The number of allylic oxidation sites excluding steroid dienone is 1. The maximum Gasteiger partial charge on any atom is 0.411 e. The average molecular weight is 730 g/mol. The summed E-state index contributed by atoms with van der Waals surface area (Å²) in [4.78, 5) is 46.1. The molecule has 0 unspecified atom stereocenters. The molecule has 0 N–H and O–H groups in total. The molecule has 8 nitrogen and oxygen atoms in total. The van der Waals surface area contributed by atoms with Gasteiger partial charge < -0.3 is 19.4 Å². The lowest BCUT2D eigenvalue weighted by molar-refractivity contribution is -0.297. The molecule has 2 amide bonds. The van der Waals surface area contributed by atoms with Gasteiger partial charge in [0.05, 0.1) is 0 Å². The van der Waals surface area contributed by atoms with E-state index in [1.165, 1.54) is 0 Å². The summed E-state index contributed by atoms with van der Waals surface area (Å²) in [6.07, 6.45) is 3.27. The second-order valence-corrected chi connectivity index (χ2v) is 9.06. The molecule has 20 heteroatoms.